The highest BCUT2D eigenvalue weighted by Crippen LogP contribution is 2.36. The van der Waals surface area contributed by atoms with Crippen LogP contribution in [0.5, 0.6) is 28.7 Å². The molecule has 7 heteroatoms. The van der Waals surface area contributed by atoms with E-state index in [1.54, 1.807) is 12.1 Å². The predicted molar refractivity (Wildman–Crippen MR) is 175 cm³/mol. The van der Waals surface area contributed by atoms with Gasteiger partial charge in [0.1, 0.15) is 48.7 Å². The maximum atomic E-state index is 13.6. The number of carbonyl (C=O) groups is 1. The molecule has 0 spiro atoms. The molecule has 0 amide bonds. The number of ketones is 1. The number of ether oxygens (including phenoxy) is 5. The van der Waals surface area contributed by atoms with Gasteiger partial charge in [-0.1, -0.05) is 103 Å². The van der Waals surface area contributed by atoms with E-state index in [-0.39, 0.29) is 29.8 Å². The summed E-state index contributed by atoms with van der Waals surface area (Å²) in [5, 5.41) is 11.0. The molecule has 1 aliphatic rings. The van der Waals surface area contributed by atoms with Gasteiger partial charge in [-0.25, -0.2) is 0 Å². The van der Waals surface area contributed by atoms with Crippen molar-refractivity contribution in [3.05, 3.63) is 155 Å². The molecule has 7 nitrogen and oxygen atoms in total. The van der Waals surface area contributed by atoms with Gasteiger partial charge in [-0.05, 0) is 40.5 Å². The molecule has 46 heavy (non-hydrogen) atoms. The van der Waals surface area contributed by atoms with E-state index in [0.29, 0.717) is 43.7 Å². The SMILES string of the molecule is O=C(/C=C/c1ccc(OC2COC2)c(OCc2ccccc2)c1)c1c(O)cc(OCc2ccccc2)cc1OCc1ccccc1. The summed E-state index contributed by atoms with van der Waals surface area (Å²) in [4.78, 5) is 13.6. The van der Waals surface area contributed by atoms with Gasteiger partial charge in [0.15, 0.2) is 17.3 Å². The largest absolute Gasteiger partial charge is 0.507 e. The summed E-state index contributed by atoms with van der Waals surface area (Å²) in [6.45, 7) is 1.93. The molecule has 1 heterocycles. The molecule has 0 saturated carbocycles. The van der Waals surface area contributed by atoms with Crippen LogP contribution in [-0.4, -0.2) is 30.2 Å². The number of benzene rings is 5. The van der Waals surface area contributed by atoms with E-state index in [9.17, 15) is 9.90 Å². The summed E-state index contributed by atoms with van der Waals surface area (Å²) in [5.74, 6) is 1.11. The molecule has 5 aromatic carbocycles. The van der Waals surface area contributed by atoms with Crippen LogP contribution < -0.4 is 18.9 Å². The first-order chi connectivity index (χ1) is 22.6. The fourth-order valence-corrected chi connectivity index (χ4v) is 4.79. The third-order valence-corrected chi connectivity index (χ3v) is 7.32. The molecule has 1 saturated heterocycles. The minimum atomic E-state index is -0.422. The Morgan fingerprint density at radius 2 is 1.24 bits per heavy atom. The number of phenolic OH excluding ortho intramolecular Hbond substituents is 1. The summed E-state index contributed by atoms with van der Waals surface area (Å²) in [6, 6.07) is 37.8. The molecule has 1 N–H and O–H groups in total. The highest BCUT2D eigenvalue weighted by atomic mass is 16.6. The van der Waals surface area contributed by atoms with Crippen LogP contribution in [-0.2, 0) is 24.6 Å². The zero-order valence-corrected chi connectivity index (χ0v) is 25.2. The molecule has 0 radical (unpaired) electrons. The number of aromatic hydroxyl groups is 1. The second-order valence-corrected chi connectivity index (χ2v) is 10.8. The Bertz CT molecular complexity index is 1770. The Balaban J connectivity index is 1.23. The van der Waals surface area contributed by atoms with Crippen molar-refractivity contribution in [2.24, 2.45) is 0 Å². The average molecular weight is 615 g/mol. The van der Waals surface area contributed by atoms with Crippen LogP contribution in [0.4, 0.5) is 0 Å². The van der Waals surface area contributed by atoms with Gasteiger partial charge in [-0.15, -0.1) is 0 Å². The second kappa shape index (κ2) is 15.0. The van der Waals surface area contributed by atoms with Crippen molar-refractivity contribution >= 4 is 11.9 Å². The molecule has 0 aromatic heterocycles. The highest BCUT2D eigenvalue weighted by Gasteiger charge is 2.22. The van der Waals surface area contributed by atoms with E-state index in [1.807, 2.05) is 109 Å². The van der Waals surface area contributed by atoms with Gasteiger partial charge in [0.05, 0.1) is 13.2 Å². The summed E-state index contributed by atoms with van der Waals surface area (Å²) in [7, 11) is 0. The zero-order chi connectivity index (χ0) is 31.6. The summed E-state index contributed by atoms with van der Waals surface area (Å²) in [6.07, 6.45) is 3.05. The Hall–Kier alpha value is -5.53. The molecule has 0 atom stereocenters. The Kier molecular flexibility index (Phi) is 9.92. The van der Waals surface area contributed by atoms with Crippen molar-refractivity contribution in [1.82, 2.24) is 0 Å². The van der Waals surface area contributed by atoms with Gasteiger partial charge >= 0.3 is 0 Å². The maximum Gasteiger partial charge on any atom is 0.193 e. The van der Waals surface area contributed by atoms with Gasteiger partial charge in [0.25, 0.3) is 0 Å². The minimum Gasteiger partial charge on any atom is -0.507 e. The summed E-state index contributed by atoms with van der Waals surface area (Å²) < 4.78 is 29.5. The molecule has 1 aliphatic heterocycles. The summed E-state index contributed by atoms with van der Waals surface area (Å²) in [5.41, 5.74) is 3.69. The lowest BCUT2D eigenvalue weighted by molar-refractivity contribution is -0.0805. The van der Waals surface area contributed by atoms with Gasteiger partial charge in [-0.3, -0.25) is 4.79 Å². The molecule has 0 aliphatic carbocycles. The lowest BCUT2D eigenvalue weighted by Gasteiger charge is -2.27. The first kappa shape index (κ1) is 30.5. The van der Waals surface area contributed by atoms with Gasteiger partial charge in [0.2, 0.25) is 0 Å². The maximum absolute atomic E-state index is 13.6. The van der Waals surface area contributed by atoms with Crippen molar-refractivity contribution in [3.8, 4) is 28.7 Å². The fourth-order valence-electron chi connectivity index (χ4n) is 4.79. The predicted octanol–water partition coefficient (Wildman–Crippen LogP) is 7.80. The zero-order valence-electron chi connectivity index (χ0n) is 25.2. The second-order valence-electron chi connectivity index (χ2n) is 10.8. The van der Waals surface area contributed by atoms with E-state index in [1.165, 1.54) is 12.1 Å². The fraction of sp³-hybridized carbons (Fsp3) is 0.154. The highest BCUT2D eigenvalue weighted by molar-refractivity contribution is 6.10. The van der Waals surface area contributed by atoms with Crippen molar-refractivity contribution in [2.45, 2.75) is 25.9 Å². The van der Waals surface area contributed by atoms with E-state index < -0.39 is 5.78 Å². The lowest BCUT2D eigenvalue weighted by atomic mass is 10.1. The first-order valence-corrected chi connectivity index (χ1v) is 15.1. The number of hydrogen-bond donors (Lipinski definition) is 1. The van der Waals surface area contributed by atoms with E-state index in [2.05, 4.69) is 0 Å². The number of allylic oxidation sites excluding steroid dienone is 1. The van der Waals surface area contributed by atoms with Crippen molar-refractivity contribution in [2.75, 3.05) is 13.2 Å². The third-order valence-electron chi connectivity index (χ3n) is 7.32. The van der Waals surface area contributed by atoms with E-state index >= 15 is 0 Å². The van der Waals surface area contributed by atoms with Gasteiger partial charge in [-0.2, -0.15) is 0 Å². The van der Waals surface area contributed by atoms with Crippen LogP contribution in [0.2, 0.25) is 0 Å². The van der Waals surface area contributed by atoms with E-state index in [4.69, 9.17) is 23.7 Å². The lowest BCUT2D eigenvalue weighted by Crippen LogP contribution is -2.38. The van der Waals surface area contributed by atoms with Gasteiger partial charge in [0, 0.05) is 12.1 Å². The molecule has 232 valence electrons. The van der Waals surface area contributed by atoms with Crippen LogP contribution in [0.15, 0.2) is 127 Å². The van der Waals surface area contributed by atoms with Crippen LogP contribution in [0, 0.1) is 0 Å². The van der Waals surface area contributed by atoms with Gasteiger partial charge < -0.3 is 28.8 Å². The Labute approximate surface area is 268 Å². The Morgan fingerprint density at radius 3 is 1.80 bits per heavy atom. The topological polar surface area (TPSA) is 83.5 Å². The molecule has 1 fully saturated rings. The van der Waals surface area contributed by atoms with Crippen LogP contribution in [0.1, 0.15) is 32.6 Å². The monoisotopic (exact) mass is 614 g/mol. The molecular weight excluding hydrogens is 580 g/mol. The number of rotatable bonds is 14. The van der Waals surface area contributed by atoms with Crippen molar-refractivity contribution in [3.63, 3.8) is 0 Å². The summed E-state index contributed by atoms with van der Waals surface area (Å²) >= 11 is 0. The van der Waals surface area contributed by atoms with E-state index in [0.717, 1.165) is 22.3 Å². The van der Waals surface area contributed by atoms with Crippen molar-refractivity contribution in [1.29, 1.82) is 0 Å². The molecule has 0 unspecified atom stereocenters. The quantitative estimate of drug-likeness (QED) is 0.101. The smallest absolute Gasteiger partial charge is 0.193 e. The first-order valence-electron chi connectivity index (χ1n) is 15.1. The normalized spacial score (nSPS) is 12.8. The third kappa shape index (κ3) is 8.14. The molecule has 5 aromatic rings. The van der Waals surface area contributed by atoms with Crippen LogP contribution in [0.3, 0.4) is 0 Å². The Morgan fingerprint density at radius 1 is 0.674 bits per heavy atom. The van der Waals surface area contributed by atoms with Crippen molar-refractivity contribution < 1.29 is 33.6 Å². The molecule has 0 bridgehead atoms. The molecule has 6 rings (SSSR count). The standard InChI is InChI=1S/C39H34O7/c40-34(18-16-28-17-19-36(46-33-26-42-27-33)37(20-28)44-24-30-12-6-2-7-13-30)39-35(41)21-32(43-23-29-10-4-1-5-11-29)22-38(39)45-25-31-14-8-3-9-15-31/h1-22,33,41H,23-27H2/b18-16+. The number of carbonyl (C=O) groups excluding carboxylic acids is 1. The molecular formula is C39H34O7. The minimum absolute atomic E-state index is 0.0287. The van der Waals surface area contributed by atoms with Crippen LogP contribution in [0.25, 0.3) is 6.08 Å². The number of hydrogen-bond acceptors (Lipinski definition) is 7. The average Bonchev–Trinajstić information content (AvgIpc) is 3.07. The number of phenols is 1. The van der Waals surface area contributed by atoms with Crippen LogP contribution >= 0.6 is 0 Å².